The van der Waals surface area contributed by atoms with Gasteiger partial charge in [-0.3, -0.25) is 0 Å². The van der Waals surface area contributed by atoms with Crippen LogP contribution in [0.5, 0.6) is 0 Å². The highest BCUT2D eigenvalue weighted by atomic mass is 32.1. The molecule has 0 fully saturated rings. The van der Waals surface area contributed by atoms with Gasteiger partial charge in [0.1, 0.15) is 0 Å². The fourth-order valence-electron chi connectivity index (χ4n) is 17.4. The average molecular weight is 1410 g/mol. The van der Waals surface area contributed by atoms with Gasteiger partial charge in [-0.05, 0) is 196 Å². The predicted octanol–water partition coefficient (Wildman–Crippen LogP) is 27.0. The number of anilines is 9. The monoisotopic (exact) mass is 1410 g/mol. The van der Waals surface area contributed by atoms with Gasteiger partial charge < -0.3 is 19.3 Å². The molecule has 4 nitrogen and oxygen atoms in total. The number of hydrogen-bond donors (Lipinski definition) is 0. The maximum atomic E-state index is 12.1. The van der Waals surface area contributed by atoms with E-state index in [9.17, 15) is 4.11 Å². The summed E-state index contributed by atoms with van der Waals surface area (Å²) in [6.45, 7) is 20.2. The number of nitrogens with zero attached hydrogens (tertiary/aromatic N) is 4. The Bertz CT molecular complexity index is 6620. The third-order valence-corrected chi connectivity index (χ3v) is 24.0. The van der Waals surface area contributed by atoms with E-state index in [1.807, 2.05) is 0 Å². The molecule has 0 aliphatic carbocycles. The van der Waals surface area contributed by atoms with Gasteiger partial charge in [0.2, 0.25) is 0 Å². The number of aromatic nitrogens is 1. The predicted molar refractivity (Wildman–Crippen MR) is 466 cm³/mol. The second-order valence-electron chi connectivity index (χ2n) is 32.6. The van der Waals surface area contributed by atoms with Crippen molar-refractivity contribution in [3.63, 3.8) is 0 Å². The van der Waals surface area contributed by atoms with Crippen molar-refractivity contribution in [3.05, 3.63) is 344 Å². The van der Waals surface area contributed by atoms with Crippen LogP contribution in [0.4, 0.5) is 51.2 Å². The van der Waals surface area contributed by atoms with E-state index in [-0.39, 0.29) is 29.0 Å². The van der Waals surface area contributed by atoms with Crippen LogP contribution in [0, 0.1) is 0 Å². The summed E-state index contributed by atoms with van der Waals surface area (Å²) >= 11 is 1.78. The largest absolute Gasteiger partial charge is 0.310 e. The SMILES string of the molecule is [2H]c1c([2H])c(-n2c3ccccc3c3cc4ccc5cccc6ccc(c4c56)c32)c([2H])c2c1B1c3sc4cc(N(c5ccccc5)c5ccccc5)ccc4c3N(c3c(-c4ccccc4)cc(C(C)(C)C)cc3-c3ccccc3)c3cc(C(C)(C)C)cc(c31)N2c1c(-c2ccccc2)cc(C(C)(C)C)cc1-c1ccccc1. The number of benzene rings is 16. The Labute approximate surface area is 641 Å². The summed E-state index contributed by atoms with van der Waals surface area (Å²) in [7, 11) is 0. The molecule has 0 spiro atoms. The van der Waals surface area contributed by atoms with E-state index >= 15 is 0 Å². The summed E-state index contributed by atoms with van der Waals surface area (Å²) < 4.78 is 39.4. The molecule has 2 aromatic heterocycles. The van der Waals surface area contributed by atoms with Crippen LogP contribution >= 0.6 is 11.3 Å². The van der Waals surface area contributed by atoms with E-state index in [1.165, 1.54) is 10.9 Å². The summed E-state index contributed by atoms with van der Waals surface area (Å²) in [5.74, 6) is 0. The molecule has 2 aliphatic heterocycles. The second kappa shape index (κ2) is 24.7. The highest BCUT2D eigenvalue weighted by molar-refractivity contribution is 7.33. The summed E-state index contributed by atoms with van der Waals surface area (Å²) in [5.41, 5.74) is 23.0. The normalized spacial score (nSPS) is 13.4. The Hall–Kier alpha value is -12.2. The van der Waals surface area contributed by atoms with Crippen LogP contribution in [-0.2, 0) is 16.2 Å². The number of fused-ring (bicyclic) bond motifs is 10. The van der Waals surface area contributed by atoms with Crippen molar-refractivity contribution >= 4 is 149 Å². The Balaban J connectivity index is 0.999. The van der Waals surface area contributed by atoms with E-state index < -0.39 is 12.1 Å². The maximum Gasteiger partial charge on any atom is 0.264 e. The van der Waals surface area contributed by atoms with Crippen LogP contribution in [-0.4, -0.2) is 11.3 Å². The molecule has 0 radical (unpaired) electrons. The van der Waals surface area contributed by atoms with Gasteiger partial charge in [0, 0.05) is 93.1 Å². The highest BCUT2D eigenvalue weighted by Crippen LogP contribution is 2.58. The topological polar surface area (TPSA) is 14.7 Å². The molecule has 0 unspecified atom stereocenters. The van der Waals surface area contributed by atoms with Gasteiger partial charge in [0.05, 0.1) is 32.2 Å². The number of thiophene rings is 1. The second-order valence-corrected chi connectivity index (χ2v) is 33.6. The zero-order chi connectivity index (χ0) is 75.7. The molecule has 18 aromatic rings. The molecule has 108 heavy (non-hydrogen) atoms. The van der Waals surface area contributed by atoms with E-state index in [0.29, 0.717) is 16.8 Å². The molecule has 0 saturated heterocycles. The molecule has 4 heterocycles. The first-order chi connectivity index (χ1) is 53.8. The molecule has 6 heteroatoms. The van der Waals surface area contributed by atoms with E-state index in [4.69, 9.17) is 0 Å². The molecule has 20 rings (SSSR count). The number of hydrogen-bond acceptors (Lipinski definition) is 4. The van der Waals surface area contributed by atoms with E-state index in [1.54, 1.807) is 11.3 Å². The lowest BCUT2D eigenvalue weighted by molar-refractivity contribution is 0.590. The maximum absolute atomic E-state index is 12.1. The number of rotatable bonds is 10. The van der Waals surface area contributed by atoms with Crippen molar-refractivity contribution in [2.75, 3.05) is 14.7 Å². The van der Waals surface area contributed by atoms with E-state index in [2.05, 4.69) is 391 Å². The van der Waals surface area contributed by atoms with E-state index in [0.717, 1.165) is 170 Å². The van der Waals surface area contributed by atoms with Crippen molar-refractivity contribution in [2.24, 2.45) is 0 Å². The Morgan fingerprint density at radius 1 is 0.352 bits per heavy atom. The van der Waals surface area contributed by atoms with Crippen molar-refractivity contribution in [2.45, 2.75) is 78.6 Å². The van der Waals surface area contributed by atoms with Gasteiger partial charge in [0.25, 0.3) is 6.71 Å². The van der Waals surface area contributed by atoms with Crippen LogP contribution in [0.1, 0.15) is 83.1 Å². The molecular weight excluding hydrogens is 1320 g/mol. The first kappa shape index (κ1) is 62.0. The molecule has 0 N–H and O–H groups in total. The van der Waals surface area contributed by atoms with Crippen LogP contribution in [0.25, 0.3) is 114 Å². The van der Waals surface area contributed by atoms with Gasteiger partial charge in [-0.25, -0.2) is 0 Å². The zero-order valence-electron chi connectivity index (χ0n) is 65.2. The smallest absolute Gasteiger partial charge is 0.264 e. The molecular formula is C102H81BN4S. The third kappa shape index (κ3) is 10.4. The molecule has 0 bridgehead atoms. The molecule has 16 aromatic carbocycles. The molecule has 0 amide bonds. The average Bonchev–Trinajstić information content (AvgIpc) is 1.66. The molecule has 0 atom stereocenters. The first-order valence-corrected chi connectivity index (χ1v) is 38.7. The number of para-hydroxylation sites is 3. The Morgan fingerprint density at radius 3 is 1.33 bits per heavy atom. The third-order valence-electron chi connectivity index (χ3n) is 22.8. The fourth-order valence-corrected chi connectivity index (χ4v) is 18.8. The van der Waals surface area contributed by atoms with Crippen LogP contribution in [0.15, 0.2) is 328 Å². The lowest BCUT2D eigenvalue weighted by Crippen LogP contribution is -2.60. The van der Waals surface area contributed by atoms with Crippen molar-refractivity contribution in [3.8, 4) is 50.2 Å². The zero-order valence-corrected chi connectivity index (χ0v) is 63.0. The Kier molecular flexibility index (Phi) is 14.2. The van der Waals surface area contributed by atoms with Crippen molar-refractivity contribution in [1.29, 1.82) is 0 Å². The van der Waals surface area contributed by atoms with Gasteiger partial charge in [-0.2, -0.15) is 0 Å². The van der Waals surface area contributed by atoms with Crippen molar-refractivity contribution in [1.82, 2.24) is 4.57 Å². The summed E-state index contributed by atoms with van der Waals surface area (Å²) in [6, 6.07) is 113. The standard InChI is InChI=1S/C102H81BN4S/c1-100(2,3)71-56-81(64-31-16-10-17-32-64)96(82(57-71)65-33-18-11-19-34-65)106-88-62-76(105-87-46-29-28-45-78(87)85-55-70-48-47-68-39-30-40-69-49-52-80(95(85)105)93(70)92(68)69)51-54-86(88)103-94-89(106)60-73(102(7,8)9)61-90(94)107(97-83(66-35-20-12-21-36-66)58-72(101(4,5)6)59-84(97)67-37-22-13-23-38-67)98-79-53-50-77(63-91(79)108-99(98)103)104(74-41-24-14-25-42-74)75-43-26-15-27-44-75/h10-63H,1-9H3/i51D,54D,62D. The lowest BCUT2D eigenvalue weighted by Gasteiger charge is -2.46. The molecule has 0 saturated carbocycles. The first-order valence-electron chi connectivity index (χ1n) is 39.3. The lowest BCUT2D eigenvalue weighted by atomic mass is 9.36. The quantitative estimate of drug-likeness (QED) is 0.100. The van der Waals surface area contributed by atoms with Crippen molar-refractivity contribution < 1.29 is 4.11 Å². The molecule has 2 aliphatic rings. The van der Waals surface area contributed by atoms with Crippen LogP contribution < -0.4 is 30.4 Å². The fraction of sp³-hybridized carbons (Fsp3) is 0.118. The summed E-state index contributed by atoms with van der Waals surface area (Å²) in [6.07, 6.45) is 0. The van der Waals surface area contributed by atoms with Gasteiger partial charge in [0.15, 0.2) is 0 Å². The van der Waals surface area contributed by atoms with Crippen LogP contribution in [0.2, 0.25) is 0 Å². The highest BCUT2D eigenvalue weighted by Gasteiger charge is 2.48. The summed E-state index contributed by atoms with van der Waals surface area (Å²) in [4.78, 5) is 7.43. The minimum Gasteiger partial charge on any atom is -0.310 e. The Morgan fingerprint density at radius 2 is 0.806 bits per heavy atom. The molecule has 518 valence electrons. The summed E-state index contributed by atoms with van der Waals surface area (Å²) in [5, 5.41) is 9.89. The minimum atomic E-state index is -0.684. The van der Waals surface area contributed by atoms with Gasteiger partial charge in [-0.1, -0.05) is 287 Å². The minimum absolute atomic E-state index is 0.0118. The van der Waals surface area contributed by atoms with Gasteiger partial charge in [-0.15, -0.1) is 11.3 Å². The van der Waals surface area contributed by atoms with Crippen LogP contribution in [0.3, 0.4) is 0 Å². The van der Waals surface area contributed by atoms with Gasteiger partial charge >= 0.3 is 0 Å².